The maximum Gasteiger partial charge on any atom is 0.308 e. The molecule has 0 amide bonds. The zero-order valence-electron chi connectivity index (χ0n) is 10.5. The number of aliphatic carboxylic acids is 1. The number of carboxylic acids is 1. The van der Waals surface area contributed by atoms with Crippen LogP contribution < -0.4 is 0 Å². The van der Waals surface area contributed by atoms with Gasteiger partial charge in [0.15, 0.2) is 0 Å². The van der Waals surface area contributed by atoms with E-state index >= 15 is 0 Å². The van der Waals surface area contributed by atoms with Crippen LogP contribution in [0.2, 0.25) is 0 Å². The first-order valence-electron chi connectivity index (χ1n) is 5.73. The molecule has 0 spiro atoms. The van der Waals surface area contributed by atoms with Gasteiger partial charge in [-0.25, -0.2) is 0 Å². The standard InChI is InChI=1S/C13H19NO2S/c1-4-17-13(2,3)11(12(15)16)9-10-5-7-14-8-6-10/h5-8,11H,4,9H2,1-3H3,(H,15,16). The molecule has 1 N–H and O–H groups in total. The Balaban J connectivity index is 2.84. The molecule has 1 rings (SSSR count). The summed E-state index contributed by atoms with van der Waals surface area (Å²) in [4.78, 5) is 15.3. The Labute approximate surface area is 107 Å². The molecule has 17 heavy (non-hydrogen) atoms. The fourth-order valence-corrected chi connectivity index (χ4v) is 2.99. The van der Waals surface area contributed by atoms with Gasteiger partial charge in [0.2, 0.25) is 0 Å². The molecule has 1 unspecified atom stereocenters. The molecule has 0 saturated heterocycles. The van der Waals surface area contributed by atoms with E-state index in [0.29, 0.717) is 6.42 Å². The molecule has 1 aromatic heterocycles. The molecule has 0 radical (unpaired) electrons. The maximum atomic E-state index is 11.4. The summed E-state index contributed by atoms with van der Waals surface area (Å²) in [5.41, 5.74) is 1.03. The first-order chi connectivity index (χ1) is 7.97. The highest BCUT2D eigenvalue weighted by molar-refractivity contribution is 8.00. The average molecular weight is 253 g/mol. The van der Waals surface area contributed by atoms with Crippen molar-refractivity contribution in [1.29, 1.82) is 0 Å². The highest BCUT2D eigenvalue weighted by Gasteiger charge is 2.35. The molecule has 0 aliphatic carbocycles. The fourth-order valence-electron chi connectivity index (χ4n) is 1.86. The van der Waals surface area contributed by atoms with E-state index in [1.54, 1.807) is 24.2 Å². The Morgan fingerprint density at radius 1 is 1.47 bits per heavy atom. The normalized spacial score (nSPS) is 13.4. The molecule has 4 heteroatoms. The molecule has 0 saturated carbocycles. The third kappa shape index (κ3) is 4.04. The Morgan fingerprint density at radius 2 is 2.06 bits per heavy atom. The Morgan fingerprint density at radius 3 is 2.53 bits per heavy atom. The summed E-state index contributed by atoms with van der Waals surface area (Å²) in [6.07, 6.45) is 3.96. The number of hydrogen-bond donors (Lipinski definition) is 1. The highest BCUT2D eigenvalue weighted by Crippen LogP contribution is 2.34. The molecule has 1 atom stereocenters. The molecule has 1 heterocycles. The lowest BCUT2D eigenvalue weighted by atomic mass is 9.89. The minimum Gasteiger partial charge on any atom is -0.481 e. The van der Waals surface area contributed by atoms with E-state index in [0.717, 1.165) is 11.3 Å². The minimum atomic E-state index is -0.729. The lowest BCUT2D eigenvalue weighted by Gasteiger charge is -2.30. The second-order valence-electron chi connectivity index (χ2n) is 4.49. The average Bonchev–Trinajstić information content (AvgIpc) is 2.26. The van der Waals surface area contributed by atoms with Crippen molar-refractivity contribution in [3.05, 3.63) is 30.1 Å². The van der Waals surface area contributed by atoms with Crippen molar-refractivity contribution >= 4 is 17.7 Å². The Bertz CT molecular complexity index is 365. The summed E-state index contributed by atoms with van der Waals surface area (Å²) in [7, 11) is 0. The van der Waals surface area contributed by atoms with Crippen molar-refractivity contribution in [2.24, 2.45) is 5.92 Å². The number of aromatic nitrogens is 1. The van der Waals surface area contributed by atoms with Gasteiger partial charge in [-0.05, 0) is 43.7 Å². The first kappa shape index (κ1) is 14.0. The van der Waals surface area contributed by atoms with Crippen molar-refractivity contribution in [3.8, 4) is 0 Å². The zero-order valence-corrected chi connectivity index (χ0v) is 11.3. The van der Waals surface area contributed by atoms with Crippen LogP contribution in [0, 0.1) is 5.92 Å². The van der Waals surface area contributed by atoms with Gasteiger partial charge in [-0.2, -0.15) is 11.8 Å². The van der Waals surface area contributed by atoms with Crippen molar-refractivity contribution in [1.82, 2.24) is 4.98 Å². The molecular weight excluding hydrogens is 234 g/mol. The number of carboxylic acid groups (broad SMARTS) is 1. The smallest absolute Gasteiger partial charge is 0.308 e. The largest absolute Gasteiger partial charge is 0.481 e. The number of pyridine rings is 1. The van der Waals surface area contributed by atoms with Crippen molar-refractivity contribution in [2.75, 3.05) is 5.75 Å². The van der Waals surface area contributed by atoms with Gasteiger partial charge < -0.3 is 5.11 Å². The van der Waals surface area contributed by atoms with Crippen LogP contribution >= 0.6 is 11.8 Å². The van der Waals surface area contributed by atoms with Crippen LogP contribution in [-0.4, -0.2) is 26.6 Å². The van der Waals surface area contributed by atoms with E-state index in [1.165, 1.54) is 0 Å². The monoisotopic (exact) mass is 253 g/mol. The molecule has 0 aliphatic rings. The third-order valence-corrected chi connectivity index (χ3v) is 4.16. The van der Waals surface area contributed by atoms with Crippen LogP contribution in [0.3, 0.4) is 0 Å². The molecule has 0 fully saturated rings. The van der Waals surface area contributed by atoms with Crippen molar-refractivity contribution in [3.63, 3.8) is 0 Å². The van der Waals surface area contributed by atoms with Gasteiger partial charge in [-0.15, -0.1) is 0 Å². The molecule has 3 nitrogen and oxygen atoms in total. The topological polar surface area (TPSA) is 50.2 Å². The third-order valence-electron chi connectivity index (χ3n) is 2.84. The molecule has 1 aromatic rings. The van der Waals surface area contributed by atoms with E-state index in [9.17, 15) is 9.90 Å². The summed E-state index contributed by atoms with van der Waals surface area (Å²) < 4.78 is -0.260. The maximum absolute atomic E-state index is 11.4. The van der Waals surface area contributed by atoms with Gasteiger partial charge in [-0.1, -0.05) is 6.92 Å². The van der Waals surface area contributed by atoms with Gasteiger partial charge in [0.25, 0.3) is 0 Å². The van der Waals surface area contributed by atoms with Crippen LogP contribution in [-0.2, 0) is 11.2 Å². The second-order valence-corrected chi connectivity index (χ2v) is 6.41. The highest BCUT2D eigenvalue weighted by atomic mass is 32.2. The lowest BCUT2D eigenvalue weighted by Crippen LogP contribution is -2.36. The van der Waals surface area contributed by atoms with E-state index < -0.39 is 5.97 Å². The predicted octanol–water partition coefficient (Wildman–Crippen LogP) is 2.86. The number of thioether (sulfide) groups is 1. The second kappa shape index (κ2) is 6.05. The van der Waals surface area contributed by atoms with Crippen LogP contribution in [0.4, 0.5) is 0 Å². The summed E-state index contributed by atoms with van der Waals surface area (Å²) in [6.45, 7) is 6.06. The fraction of sp³-hybridized carbons (Fsp3) is 0.538. The summed E-state index contributed by atoms with van der Waals surface area (Å²) in [6, 6.07) is 3.76. The van der Waals surface area contributed by atoms with Gasteiger partial charge in [-0.3, -0.25) is 9.78 Å². The Hall–Kier alpha value is -1.03. The number of rotatable bonds is 6. The molecule has 0 aromatic carbocycles. The summed E-state index contributed by atoms with van der Waals surface area (Å²) >= 11 is 1.69. The van der Waals surface area contributed by atoms with Gasteiger partial charge in [0.05, 0.1) is 5.92 Å². The van der Waals surface area contributed by atoms with E-state index in [2.05, 4.69) is 11.9 Å². The van der Waals surface area contributed by atoms with Crippen LogP contribution in [0.1, 0.15) is 26.3 Å². The van der Waals surface area contributed by atoms with Crippen LogP contribution in [0.5, 0.6) is 0 Å². The number of nitrogens with zero attached hydrogens (tertiary/aromatic N) is 1. The van der Waals surface area contributed by atoms with Gasteiger partial charge in [0, 0.05) is 17.1 Å². The van der Waals surface area contributed by atoms with Crippen molar-refractivity contribution in [2.45, 2.75) is 31.9 Å². The molecule has 0 aliphatic heterocycles. The quantitative estimate of drug-likeness (QED) is 0.847. The van der Waals surface area contributed by atoms with Gasteiger partial charge >= 0.3 is 5.97 Å². The Kier molecular flexibility index (Phi) is 5.00. The van der Waals surface area contributed by atoms with Crippen LogP contribution in [0.25, 0.3) is 0 Å². The van der Waals surface area contributed by atoms with E-state index in [4.69, 9.17) is 0 Å². The molecule has 0 bridgehead atoms. The van der Waals surface area contributed by atoms with E-state index in [-0.39, 0.29) is 10.7 Å². The SMILES string of the molecule is CCSC(C)(C)C(Cc1ccncc1)C(=O)O. The lowest BCUT2D eigenvalue weighted by molar-refractivity contribution is -0.142. The molecular formula is C13H19NO2S. The van der Waals surface area contributed by atoms with Crippen molar-refractivity contribution < 1.29 is 9.90 Å². The molecule has 94 valence electrons. The zero-order chi connectivity index (χ0) is 12.9. The van der Waals surface area contributed by atoms with E-state index in [1.807, 2.05) is 26.0 Å². The summed E-state index contributed by atoms with van der Waals surface area (Å²) in [5.74, 6) is -0.185. The first-order valence-corrected chi connectivity index (χ1v) is 6.71. The predicted molar refractivity (Wildman–Crippen MR) is 71.3 cm³/mol. The number of carbonyl (C=O) groups is 1. The van der Waals surface area contributed by atoms with Gasteiger partial charge in [0.1, 0.15) is 0 Å². The number of hydrogen-bond acceptors (Lipinski definition) is 3. The summed E-state index contributed by atoms with van der Waals surface area (Å²) in [5, 5.41) is 9.37. The minimum absolute atomic E-state index is 0.260. The van der Waals surface area contributed by atoms with Crippen LogP contribution in [0.15, 0.2) is 24.5 Å².